The third-order valence-corrected chi connectivity index (χ3v) is 4.85. The Balaban J connectivity index is 1.44. The predicted molar refractivity (Wildman–Crippen MR) is 98.5 cm³/mol. The van der Waals surface area contributed by atoms with Crippen molar-refractivity contribution in [2.45, 2.75) is 6.54 Å². The second-order valence-electron chi connectivity index (χ2n) is 6.38. The summed E-state index contributed by atoms with van der Waals surface area (Å²) in [7, 11) is 0. The average molecular weight is 335 g/mol. The van der Waals surface area contributed by atoms with E-state index in [9.17, 15) is 4.79 Å². The Morgan fingerprint density at radius 3 is 2.76 bits per heavy atom. The fourth-order valence-corrected chi connectivity index (χ4v) is 3.50. The second-order valence-corrected chi connectivity index (χ2v) is 6.38. The van der Waals surface area contributed by atoms with Gasteiger partial charge in [-0.25, -0.2) is 0 Å². The van der Waals surface area contributed by atoms with Crippen molar-refractivity contribution < 1.29 is 4.79 Å². The molecule has 1 aromatic carbocycles. The number of piperazine rings is 1. The summed E-state index contributed by atoms with van der Waals surface area (Å²) in [6.45, 7) is 4.55. The van der Waals surface area contributed by atoms with Gasteiger partial charge < -0.3 is 15.6 Å². The average Bonchev–Trinajstić information content (AvgIpc) is 3.05. The molecule has 1 saturated heterocycles. The van der Waals surface area contributed by atoms with Gasteiger partial charge in [0, 0.05) is 62.2 Å². The maximum atomic E-state index is 11.6. The van der Waals surface area contributed by atoms with Crippen molar-refractivity contribution in [3.63, 3.8) is 0 Å². The lowest BCUT2D eigenvalue weighted by molar-refractivity contribution is 0.1000. The van der Waals surface area contributed by atoms with E-state index in [-0.39, 0.29) is 0 Å². The molecule has 4 rings (SSSR count). The zero-order valence-electron chi connectivity index (χ0n) is 14.0. The molecular weight excluding hydrogens is 314 g/mol. The van der Waals surface area contributed by atoms with E-state index in [1.165, 1.54) is 16.5 Å². The third kappa shape index (κ3) is 3.08. The SMILES string of the molecule is NC(=O)c1cnccc1N1CCN(Cc2c[nH]c3ccccc23)CC1. The summed E-state index contributed by atoms with van der Waals surface area (Å²) in [6.07, 6.45) is 5.36. The summed E-state index contributed by atoms with van der Waals surface area (Å²) >= 11 is 0. The summed E-state index contributed by atoms with van der Waals surface area (Å²) in [5.41, 5.74) is 9.35. The molecule has 2 aromatic heterocycles. The van der Waals surface area contributed by atoms with Crippen molar-refractivity contribution in [2.24, 2.45) is 5.73 Å². The quantitative estimate of drug-likeness (QED) is 0.764. The van der Waals surface area contributed by atoms with Gasteiger partial charge in [0.15, 0.2) is 0 Å². The highest BCUT2D eigenvalue weighted by atomic mass is 16.1. The molecule has 0 aliphatic carbocycles. The zero-order valence-corrected chi connectivity index (χ0v) is 14.0. The summed E-state index contributed by atoms with van der Waals surface area (Å²) in [5.74, 6) is -0.427. The van der Waals surface area contributed by atoms with E-state index in [0.29, 0.717) is 5.56 Å². The van der Waals surface area contributed by atoms with Crippen molar-refractivity contribution in [3.05, 3.63) is 60.0 Å². The number of nitrogens with zero attached hydrogens (tertiary/aromatic N) is 3. The fourth-order valence-electron chi connectivity index (χ4n) is 3.50. The number of para-hydroxylation sites is 1. The fraction of sp³-hybridized carbons (Fsp3) is 0.263. The number of rotatable bonds is 4. The number of pyridine rings is 1. The van der Waals surface area contributed by atoms with Gasteiger partial charge in [0.05, 0.1) is 11.3 Å². The van der Waals surface area contributed by atoms with Crippen LogP contribution >= 0.6 is 0 Å². The molecule has 0 spiro atoms. The number of nitrogens with one attached hydrogen (secondary N) is 1. The van der Waals surface area contributed by atoms with Gasteiger partial charge in [-0.3, -0.25) is 14.7 Å². The largest absolute Gasteiger partial charge is 0.368 e. The number of fused-ring (bicyclic) bond motifs is 1. The standard InChI is InChI=1S/C19H21N5O/c20-19(25)16-12-21-6-5-18(16)24-9-7-23(8-10-24)13-14-11-22-17-4-2-1-3-15(14)17/h1-6,11-12,22H,7-10,13H2,(H2,20,25). The number of hydrogen-bond acceptors (Lipinski definition) is 4. The number of carbonyl (C=O) groups is 1. The molecule has 0 atom stereocenters. The first-order chi connectivity index (χ1) is 12.2. The lowest BCUT2D eigenvalue weighted by Crippen LogP contribution is -2.46. The van der Waals surface area contributed by atoms with Crippen LogP contribution in [0.1, 0.15) is 15.9 Å². The van der Waals surface area contributed by atoms with Crippen LogP contribution in [0.3, 0.4) is 0 Å². The van der Waals surface area contributed by atoms with Crippen LogP contribution in [0, 0.1) is 0 Å². The molecule has 0 unspecified atom stereocenters. The molecule has 3 N–H and O–H groups in total. The topological polar surface area (TPSA) is 78.2 Å². The number of aromatic amines is 1. The minimum atomic E-state index is -0.427. The monoisotopic (exact) mass is 335 g/mol. The maximum absolute atomic E-state index is 11.6. The molecule has 128 valence electrons. The number of H-pyrrole nitrogens is 1. The first-order valence-electron chi connectivity index (χ1n) is 8.48. The van der Waals surface area contributed by atoms with Crippen LogP contribution in [-0.4, -0.2) is 47.0 Å². The smallest absolute Gasteiger partial charge is 0.252 e. The minimum Gasteiger partial charge on any atom is -0.368 e. The van der Waals surface area contributed by atoms with Gasteiger partial charge in [0.25, 0.3) is 5.91 Å². The van der Waals surface area contributed by atoms with Crippen molar-refractivity contribution >= 4 is 22.5 Å². The van der Waals surface area contributed by atoms with Crippen LogP contribution in [0.15, 0.2) is 48.9 Å². The van der Waals surface area contributed by atoms with Gasteiger partial charge in [-0.1, -0.05) is 18.2 Å². The lowest BCUT2D eigenvalue weighted by Gasteiger charge is -2.36. The van der Waals surface area contributed by atoms with Crippen LogP contribution in [0.25, 0.3) is 10.9 Å². The minimum absolute atomic E-state index is 0.427. The molecule has 25 heavy (non-hydrogen) atoms. The first kappa shape index (κ1) is 15.7. The second kappa shape index (κ2) is 6.57. The molecule has 1 fully saturated rings. The summed E-state index contributed by atoms with van der Waals surface area (Å²) in [4.78, 5) is 23.6. The van der Waals surface area contributed by atoms with Gasteiger partial charge in [-0.2, -0.15) is 0 Å². The van der Waals surface area contributed by atoms with E-state index in [0.717, 1.165) is 38.4 Å². The highest BCUT2D eigenvalue weighted by Crippen LogP contribution is 2.23. The predicted octanol–water partition coefficient (Wildman–Crippen LogP) is 1.98. The van der Waals surface area contributed by atoms with E-state index in [1.807, 2.05) is 12.1 Å². The molecule has 3 aromatic rings. The highest BCUT2D eigenvalue weighted by Gasteiger charge is 2.21. The first-order valence-corrected chi connectivity index (χ1v) is 8.48. The van der Waals surface area contributed by atoms with E-state index in [2.05, 4.69) is 44.2 Å². The van der Waals surface area contributed by atoms with E-state index < -0.39 is 5.91 Å². The zero-order chi connectivity index (χ0) is 17.2. The molecule has 1 aliphatic rings. The summed E-state index contributed by atoms with van der Waals surface area (Å²) in [6, 6.07) is 10.3. The Labute approximate surface area is 146 Å². The van der Waals surface area contributed by atoms with E-state index in [1.54, 1.807) is 12.4 Å². The number of carbonyl (C=O) groups excluding carboxylic acids is 1. The Kier molecular flexibility index (Phi) is 4.11. The normalized spacial score (nSPS) is 15.6. The molecule has 6 heteroatoms. The Morgan fingerprint density at radius 2 is 1.96 bits per heavy atom. The van der Waals surface area contributed by atoms with Gasteiger partial charge in [-0.05, 0) is 17.7 Å². The molecule has 1 aliphatic heterocycles. The van der Waals surface area contributed by atoms with Crippen LogP contribution in [0.2, 0.25) is 0 Å². The van der Waals surface area contributed by atoms with Crippen molar-refractivity contribution in [3.8, 4) is 0 Å². The van der Waals surface area contributed by atoms with Crippen molar-refractivity contribution in [1.82, 2.24) is 14.9 Å². The number of anilines is 1. The molecule has 3 heterocycles. The van der Waals surface area contributed by atoms with Crippen LogP contribution in [0.4, 0.5) is 5.69 Å². The Bertz CT molecular complexity index is 895. The van der Waals surface area contributed by atoms with Crippen LogP contribution in [0.5, 0.6) is 0 Å². The van der Waals surface area contributed by atoms with Gasteiger partial charge in [0.1, 0.15) is 0 Å². The van der Waals surface area contributed by atoms with Crippen molar-refractivity contribution in [2.75, 3.05) is 31.1 Å². The van der Waals surface area contributed by atoms with E-state index >= 15 is 0 Å². The van der Waals surface area contributed by atoms with Crippen LogP contribution < -0.4 is 10.6 Å². The van der Waals surface area contributed by atoms with E-state index in [4.69, 9.17) is 5.73 Å². The Morgan fingerprint density at radius 1 is 1.16 bits per heavy atom. The van der Waals surface area contributed by atoms with Gasteiger partial charge in [0.2, 0.25) is 0 Å². The van der Waals surface area contributed by atoms with Crippen molar-refractivity contribution in [1.29, 1.82) is 0 Å². The highest BCUT2D eigenvalue weighted by molar-refractivity contribution is 5.98. The molecule has 0 saturated carbocycles. The number of aromatic nitrogens is 2. The number of hydrogen-bond donors (Lipinski definition) is 2. The molecule has 0 radical (unpaired) electrons. The molecule has 0 bridgehead atoms. The van der Waals surface area contributed by atoms with Gasteiger partial charge in [-0.15, -0.1) is 0 Å². The number of nitrogens with two attached hydrogens (primary N) is 1. The molecular formula is C19H21N5O. The lowest BCUT2D eigenvalue weighted by atomic mass is 10.1. The number of primary amides is 1. The third-order valence-electron chi connectivity index (χ3n) is 4.85. The molecule has 1 amide bonds. The summed E-state index contributed by atoms with van der Waals surface area (Å²) in [5, 5.41) is 1.29. The summed E-state index contributed by atoms with van der Waals surface area (Å²) < 4.78 is 0. The number of benzene rings is 1. The maximum Gasteiger partial charge on any atom is 0.252 e. The van der Waals surface area contributed by atoms with Gasteiger partial charge >= 0.3 is 0 Å². The number of amides is 1. The Hall–Kier alpha value is -2.86. The van der Waals surface area contributed by atoms with Crippen LogP contribution in [-0.2, 0) is 6.54 Å². The molecule has 6 nitrogen and oxygen atoms in total.